The van der Waals surface area contributed by atoms with Gasteiger partial charge in [-0.25, -0.2) is 9.97 Å². The highest BCUT2D eigenvalue weighted by molar-refractivity contribution is 5.53. The molecule has 2 heterocycles. The third-order valence-electron chi connectivity index (χ3n) is 2.88. The van der Waals surface area contributed by atoms with Gasteiger partial charge in [0.05, 0.1) is 12.4 Å². The standard InChI is InChI=1S/C13H14N6/c14-11(6-10-7-15-8-16-10)13-17-12(18-19-13)9-4-2-1-3-5-9/h1-5,7-8,11H,6,14H2,(H,15,16)(H,17,18,19). The van der Waals surface area contributed by atoms with Crippen molar-refractivity contribution < 1.29 is 0 Å². The molecular weight excluding hydrogens is 240 g/mol. The molecule has 6 heteroatoms. The Hall–Kier alpha value is -2.47. The largest absolute Gasteiger partial charge is 0.348 e. The van der Waals surface area contributed by atoms with Crippen molar-refractivity contribution in [2.24, 2.45) is 5.73 Å². The van der Waals surface area contributed by atoms with E-state index in [1.165, 1.54) is 0 Å². The second-order valence-electron chi connectivity index (χ2n) is 4.30. The van der Waals surface area contributed by atoms with Crippen molar-refractivity contribution in [3.63, 3.8) is 0 Å². The highest BCUT2D eigenvalue weighted by atomic mass is 15.2. The van der Waals surface area contributed by atoms with Crippen LogP contribution in [-0.2, 0) is 6.42 Å². The lowest BCUT2D eigenvalue weighted by atomic mass is 10.1. The normalized spacial score (nSPS) is 12.5. The summed E-state index contributed by atoms with van der Waals surface area (Å²) >= 11 is 0. The molecule has 3 rings (SSSR count). The van der Waals surface area contributed by atoms with Gasteiger partial charge in [-0.3, -0.25) is 5.10 Å². The Morgan fingerprint density at radius 1 is 1.21 bits per heavy atom. The Balaban J connectivity index is 1.78. The monoisotopic (exact) mass is 254 g/mol. The van der Waals surface area contributed by atoms with E-state index in [-0.39, 0.29) is 6.04 Å². The average Bonchev–Trinajstić information content (AvgIpc) is 3.10. The maximum Gasteiger partial charge on any atom is 0.181 e. The van der Waals surface area contributed by atoms with Crippen molar-refractivity contribution >= 4 is 0 Å². The molecule has 0 amide bonds. The van der Waals surface area contributed by atoms with E-state index >= 15 is 0 Å². The van der Waals surface area contributed by atoms with Crippen LogP contribution in [-0.4, -0.2) is 25.1 Å². The number of nitrogens with two attached hydrogens (primary N) is 1. The van der Waals surface area contributed by atoms with Crippen molar-refractivity contribution in [3.05, 3.63) is 54.4 Å². The van der Waals surface area contributed by atoms with E-state index in [1.807, 2.05) is 30.3 Å². The fraction of sp³-hybridized carbons (Fsp3) is 0.154. The van der Waals surface area contributed by atoms with Crippen LogP contribution in [0.4, 0.5) is 0 Å². The van der Waals surface area contributed by atoms with Crippen LogP contribution in [0.5, 0.6) is 0 Å². The summed E-state index contributed by atoms with van der Waals surface area (Å²) in [6.45, 7) is 0. The first-order chi connectivity index (χ1) is 9.33. The third kappa shape index (κ3) is 2.53. The molecule has 0 aliphatic carbocycles. The molecule has 0 aliphatic rings. The number of aromatic amines is 2. The van der Waals surface area contributed by atoms with E-state index in [0.29, 0.717) is 18.1 Å². The Kier molecular flexibility index (Phi) is 3.07. The molecule has 3 aromatic rings. The molecule has 1 atom stereocenters. The van der Waals surface area contributed by atoms with E-state index in [2.05, 4.69) is 25.1 Å². The Bertz CT molecular complexity index is 628. The SMILES string of the molecule is NC(Cc1cnc[nH]1)c1nc(-c2ccccc2)n[nH]1. The number of nitrogens with zero attached hydrogens (tertiary/aromatic N) is 3. The molecule has 1 aromatic carbocycles. The van der Waals surface area contributed by atoms with Crippen LogP contribution in [0.2, 0.25) is 0 Å². The molecular formula is C13H14N6. The zero-order chi connectivity index (χ0) is 13.1. The van der Waals surface area contributed by atoms with Crippen LogP contribution in [0, 0.1) is 0 Å². The van der Waals surface area contributed by atoms with E-state index in [9.17, 15) is 0 Å². The lowest BCUT2D eigenvalue weighted by molar-refractivity contribution is 0.662. The van der Waals surface area contributed by atoms with Gasteiger partial charge >= 0.3 is 0 Å². The summed E-state index contributed by atoms with van der Waals surface area (Å²) in [6.07, 6.45) is 4.04. The molecule has 6 nitrogen and oxygen atoms in total. The number of hydrogen-bond acceptors (Lipinski definition) is 4. The molecule has 0 saturated carbocycles. The summed E-state index contributed by atoms with van der Waals surface area (Å²) in [5.74, 6) is 1.34. The minimum absolute atomic E-state index is 0.231. The smallest absolute Gasteiger partial charge is 0.181 e. The first kappa shape index (κ1) is 11.6. The number of aromatic nitrogens is 5. The molecule has 4 N–H and O–H groups in total. The topological polar surface area (TPSA) is 96.3 Å². The lowest BCUT2D eigenvalue weighted by Crippen LogP contribution is -2.15. The van der Waals surface area contributed by atoms with Crippen LogP contribution < -0.4 is 5.73 Å². The summed E-state index contributed by atoms with van der Waals surface area (Å²) in [5, 5.41) is 7.09. The highest BCUT2D eigenvalue weighted by Crippen LogP contribution is 2.16. The lowest BCUT2D eigenvalue weighted by Gasteiger charge is -2.05. The van der Waals surface area contributed by atoms with Crippen molar-refractivity contribution in [2.45, 2.75) is 12.5 Å². The molecule has 19 heavy (non-hydrogen) atoms. The number of nitrogens with one attached hydrogen (secondary N) is 2. The third-order valence-corrected chi connectivity index (χ3v) is 2.88. The van der Waals surface area contributed by atoms with Crippen LogP contribution in [0.15, 0.2) is 42.9 Å². The average molecular weight is 254 g/mol. The maximum atomic E-state index is 6.10. The van der Waals surface area contributed by atoms with Crippen molar-refractivity contribution in [1.82, 2.24) is 25.1 Å². The van der Waals surface area contributed by atoms with E-state index < -0.39 is 0 Å². The molecule has 1 unspecified atom stereocenters. The predicted octanol–water partition coefficient (Wildman–Crippen LogP) is 1.44. The van der Waals surface area contributed by atoms with Gasteiger partial charge in [-0.1, -0.05) is 30.3 Å². The Labute approximate surface area is 110 Å². The molecule has 0 fully saturated rings. The second kappa shape index (κ2) is 5.03. The van der Waals surface area contributed by atoms with Crippen LogP contribution in [0.3, 0.4) is 0 Å². The number of hydrogen-bond donors (Lipinski definition) is 3. The van der Waals surface area contributed by atoms with Gasteiger partial charge in [-0.2, -0.15) is 5.10 Å². The molecule has 0 bridgehead atoms. The molecule has 0 aliphatic heterocycles. The summed E-state index contributed by atoms with van der Waals surface area (Å²) in [7, 11) is 0. The van der Waals surface area contributed by atoms with Crippen LogP contribution in [0.25, 0.3) is 11.4 Å². The zero-order valence-corrected chi connectivity index (χ0v) is 10.2. The maximum absolute atomic E-state index is 6.10. The second-order valence-corrected chi connectivity index (χ2v) is 4.30. The number of rotatable bonds is 4. The van der Waals surface area contributed by atoms with E-state index in [1.54, 1.807) is 12.5 Å². The molecule has 0 saturated heterocycles. The van der Waals surface area contributed by atoms with Crippen molar-refractivity contribution in [1.29, 1.82) is 0 Å². The minimum atomic E-state index is -0.231. The fourth-order valence-corrected chi connectivity index (χ4v) is 1.89. The summed E-state index contributed by atoms with van der Waals surface area (Å²) in [5.41, 5.74) is 8.04. The molecule has 2 aromatic heterocycles. The van der Waals surface area contributed by atoms with Gasteiger partial charge in [0.15, 0.2) is 5.82 Å². The Morgan fingerprint density at radius 3 is 2.79 bits per heavy atom. The van der Waals surface area contributed by atoms with Crippen LogP contribution in [0.1, 0.15) is 17.6 Å². The summed E-state index contributed by atoms with van der Waals surface area (Å²) < 4.78 is 0. The van der Waals surface area contributed by atoms with Crippen molar-refractivity contribution in [2.75, 3.05) is 0 Å². The first-order valence-electron chi connectivity index (χ1n) is 6.03. The number of H-pyrrole nitrogens is 2. The molecule has 96 valence electrons. The van der Waals surface area contributed by atoms with E-state index in [4.69, 9.17) is 5.73 Å². The Morgan fingerprint density at radius 2 is 2.05 bits per heavy atom. The summed E-state index contributed by atoms with van der Waals surface area (Å²) in [4.78, 5) is 11.4. The number of benzene rings is 1. The van der Waals surface area contributed by atoms with Crippen LogP contribution >= 0.6 is 0 Å². The van der Waals surface area contributed by atoms with E-state index in [0.717, 1.165) is 11.3 Å². The number of imidazole rings is 1. The van der Waals surface area contributed by atoms with Gasteiger partial charge in [0.25, 0.3) is 0 Å². The molecule has 0 radical (unpaired) electrons. The zero-order valence-electron chi connectivity index (χ0n) is 10.2. The summed E-state index contributed by atoms with van der Waals surface area (Å²) in [6, 6.07) is 9.57. The van der Waals surface area contributed by atoms with Gasteiger partial charge in [0, 0.05) is 23.9 Å². The quantitative estimate of drug-likeness (QED) is 0.656. The van der Waals surface area contributed by atoms with Gasteiger partial charge in [0.1, 0.15) is 5.82 Å². The highest BCUT2D eigenvalue weighted by Gasteiger charge is 2.13. The first-order valence-corrected chi connectivity index (χ1v) is 6.03. The van der Waals surface area contributed by atoms with Crippen molar-refractivity contribution in [3.8, 4) is 11.4 Å². The predicted molar refractivity (Wildman–Crippen MR) is 71.0 cm³/mol. The van der Waals surface area contributed by atoms with Gasteiger partial charge in [-0.05, 0) is 0 Å². The van der Waals surface area contributed by atoms with Gasteiger partial charge in [0.2, 0.25) is 0 Å². The minimum Gasteiger partial charge on any atom is -0.348 e. The van der Waals surface area contributed by atoms with Gasteiger partial charge in [-0.15, -0.1) is 0 Å². The fourth-order valence-electron chi connectivity index (χ4n) is 1.89. The molecule has 0 spiro atoms. The van der Waals surface area contributed by atoms with Gasteiger partial charge < -0.3 is 10.7 Å².